The molecule has 150 valence electrons. The number of aromatic amines is 1. The average Bonchev–Trinajstić information content (AvgIpc) is 3.19. The van der Waals surface area contributed by atoms with Gasteiger partial charge in [0.25, 0.3) is 11.8 Å². The summed E-state index contributed by atoms with van der Waals surface area (Å²) < 4.78 is 0. The van der Waals surface area contributed by atoms with Crippen LogP contribution in [0.5, 0.6) is 0 Å². The van der Waals surface area contributed by atoms with Crippen LogP contribution < -0.4 is 5.32 Å². The third-order valence-corrected chi connectivity index (χ3v) is 5.82. The number of amides is 2. The summed E-state index contributed by atoms with van der Waals surface area (Å²) in [5.41, 5.74) is 2.28. The molecule has 29 heavy (non-hydrogen) atoms. The molecule has 5 heteroatoms. The van der Waals surface area contributed by atoms with Crippen molar-refractivity contribution < 1.29 is 9.59 Å². The molecule has 1 unspecified atom stereocenters. The number of aromatic nitrogens is 1. The summed E-state index contributed by atoms with van der Waals surface area (Å²) in [5, 5.41) is 4.20. The van der Waals surface area contributed by atoms with Crippen molar-refractivity contribution in [1.82, 2.24) is 15.2 Å². The predicted octanol–water partition coefficient (Wildman–Crippen LogP) is 4.37. The van der Waals surface area contributed by atoms with E-state index in [0.29, 0.717) is 17.8 Å². The van der Waals surface area contributed by atoms with Crippen molar-refractivity contribution in [1.29, 1.82) is 0 Å². The molecule has 0 spiro atoms. The van der Waals surface area contributed by atoms with E-state index in [9.17, 15) is 9.59 Å². The molecule has 5 nitrogen and oxygen atoms in total. The van der Waals surface area contributed by atoms with Crippen LogP contribution in [0.3, 0.4) is 0 Å². The number of H-pyrrole nitrogens is 1. The number of nitrogens with zero attached hydrogens (tertiary/aromatic N) is 1. The lowest BCUT2D eigenvalue weighted by atomic mass is 9.89. The van der Waals surface area contributed by atoms with Gasteiger partial charge in [-0.15, -0.1) is 0 Å². The van der Waals surface area contributed by atoms with Crippen LogP contribution in [0.25, 0.3) is 10.9 Å². The third-order valence-electron chi connectivity index (χ3n) is 5.82. The summed E-state index contributed by atoms with van der Waals surface area (Å²) in [6, 6.07) is 19.4. The van der Waals surface area contributed by atoms with Gasteiger partial charge in [0, 0.05) is 35.1 Å². The van der Waals surface area contributed by atoms with Gasteiger partial charge in [0.2, 0.25) is 0 Å². The molecule has 0 bridgehead atoms. The van der Waals surface area contributed by atoms with E-state index in [-0.39, 0.29) is 23.9 Å². The molecule has 1 aliphatic carbocycles. The van der Waals surface area contributed by atoms with Gasteiger partial charge >= 0.3 is 0 Å². The predicted molar refractivity (Wildman–Crippen MR) is 115 cm³/mol. The fourth-order valence-corrected chi connectivity index (χ4v) is 4.35. The van der Waals surface area contributed by atoms with E-state index in [2.05, 4.69) is 10.3 Å². The molecule has 1 fully saturated rings. The zero-order chi connectivity index (χ0) is 20.2. The smallest absolute Gasteiger partial charge is 0.270 e. The van der Waals surface area contributed by atoms with Crippen molar-refractivity contribution in [2.24, 2.45) is 0 Å². The van der Waals surface area contributed by atoms with Crippen LogP contribution in [0.4, 0.5) is 0 Å². The summed E-state index contributed by atoms with van der Waals surface area (Å²) in [5.74, 6) is -0.00928. The van der Waals surface area contributed by atoms with Gasteiger partial charge in [-0.25, -0.2) is 0 Å². The van der Waals surface area contributed by atoms with Crippen LogP contribution in [-0.2, 0) is 0 Å². The van der Waals surface area contributed by atoms with Gasteiger partial charge in [0.15, 0.2) is 0 Å². The van der Waals surface area contributed by atoms with Crippen LogP contribution >= 0.6 is 0 Å². The topological polar surface area (TPSA) is 65.2 Å². The van der Waals surface area contributed by atoms with E-state index in [1.807, 2.05) is 72.5 Å². The van der Waals surface area contributed by atoms with Crippen LogP contribution in [0, 0.1) is 0 Å². The van der Waals surface area contributed by atoms with Crippen LogP contribution in [0.1, 0.15) is 53.5 Å². The molecule has 2 N–H and O–H groups in total. The Bertz CT molecular complexity index is 963. The number of carbonyl (C=O) groups excluding carboxylic acids is 2. The van der Waals surface area contributed by atoms with Crippen molar-refractivity contribution in [2.45, 2.75) is 44.7 Å². The Labute approximate surface area is 171 Å². The maximum Gasteiger partial charge on any atom is 0.270 e. The molecule has 2 amide bonds. The summed E-state index contributed by atoms with van der Waals surface area (Å²) in [6.07, 6.45) is 3.71. The minimum atomic E-state index is -0.0405. The van der Waals surface area contributed by atoms with Crippen molar-refractivity contribution in [3.05, 3.63) is 71.9 Å². The van der Waals surface area contributed by atoms with Crippen molar-refractivity contribution in [3.63, 3.8) is 0 Å². The first-order chi connectivity index (χ1) is 14.2. The van der Waals surface area contributed by atoms with E-state index in [1.54, 1.807) is 0 Å². The van der Waals surface area contributed by atoms with Crippen molar-refractivity contribution in [3.8, 4) is 0 Å². The van der Waals surface area contributed by atoms with Gasteiger partial charge in [-0.1, -0.05) is 36.4 Å². The summed E-state index contributed by atoms with van der Waals surface area (Å²) in [4.78, 5) is 30.9. The number of rotatable bonds is 5. The Morgan fingerprint density at radius 3 is 2.59 bits per heavy atom. The maximum atomic E-state index is 13.2. The first kappa shape index (κ1) is 19.2. The number of benzene rings is 2. The number of hydrogen-bond acceptors (Lipinski definition) is 2. The fraction of sp³-hybridized carbons (Fsp3) is 0.333. The SMILES string of the molecule is CCN(C(=O)c1cc2ccccc2[nH]1)[C@H]1CCCC(NC(=O)c2ccccc2)C1. The Kier molecular flexibility index (Phi) is 5.65. The van der Waals surface area contributed by atoms with Gasteiger partial charge < -0.3 is 15.2 Å². The standard InChI is InChI=1S/C24H27N3O2/c1-2-27(24(29)22-15-18-11-6-7-14-21(18)26-22)20-13-8-12-19(16-20)25-23(28)17-9-4-3-5-10-17/h3-7,9-11,14-15,19-20,26H,2,8,12-13,16H2,1H3,(H,25,28)/t19?,20-/m0/s1. The molecule has 2 atom stereocenters. The highest BCUT2D eigenvalue weighted by molar-refractivity contribution is 5.98. The van der Waals surface area contributed by atoms with E-state index in [4.69, 9.17) is 0 Å². The minimum absolute atomic E-state index is 0.0312. The molecule has 1 saturated carbocycles. The molecule has 0 aliphatic heterocycles. The first-order valence-corrected chi connectivity index (χ1v) is 10.4. The second kappa shape index (κ2) is 8.52. The number of nitrogens with one attached hydrogen (secondary N) is 2. The lowest BCUT2D eigenvalue weighted by Gasteiger charge is -2.37. The Morgan fingerprint density at radius 1 is 1.07 bits per heavy atom. The van der Waals surface area contributed by atoms with Crippen LogP contribution in [0.15, 0.2) is 60.7 Å². The fourth-order valence-electron chi connectivity index (χ4n) is 4.35. The molecular weight excluding hydrogens is 362 g/mol. The Morgan fingerprint density at radius 2 is 1.83 bits per heavy atom. The highest BCUT2D eigenvalue weighted by atomic mass is 16.2. The maximum absolute atomic E-state index is 13.2. The molecule has 3 aromatic rings. The summed E-state index contributed by atoms with van der Waals surface area (Å²) >= 11 is 0. The molecule has 0 saturated heterocycles. The molecule has 0 radical (unpaired) electrons. The molecule has 4 rings (SSSR count). The normalized spacial score (nSPS) is 19.1. The minimum Gasteiger partial charge on any atom is -0.351 e. The van der Waals surface area contributed by atoms with Crippen molar-refractivity contribution >= 4 is 22.7 Å². The zero-order valence-electron chi connectivity index (χ0n) is 16.7. The molecule has 2 aromatic carbocycles. The monoisotopic (exact) mass is 389 g/mol. The number of hydrogen-bond donors (Lipinski definition) is 2. The molecule has 1 aliphatic rings. The summed E-state index contributed by atoms with van der Waals surface area (Å²) in [7, 11) is 0. The molecular formula is C24H27N3O2. The average molecular weight is 389 g/mol. The third kappa shape index (κ3) is 4.19. The van der Waals surface area contributed by atoms with Gasteiger partial charge in [0.05, 0.1) is 0 Å². The number of fused-ring (bicyclic) bond motifs is 1. The zero-order valence-corrected chi connectivity index (χ0v) is 16.7. The van der Waals surface area contributed by atoms with Gasteiger partial charge in [-0.2, -0.15) is 0 Å². The Hall–Kier alpha value is -3.08. The van der Waals surface area contributed by atoms with E-state index in [0.717, 1.165) is 36.6 Å². The van der Waals surface area contributed by atoms with E-state index < -0.39 is 0 Å². The van der Waals surface area contributed by atoms with Crippen molar-refractivity contribution in [2.75, 3.05) is 6.54 Å². The molecule has 1 aromatic heterocycles. The number of carbonyl (C=O) groups is 2. The quantitative estimate of drug-likeness (QED) is 0.680. The lowest BCUT2D eigenvalue weighted by Crippen LogP contribution is -2.48. The Balaban J connectivity index is 1.45. The number of para-hydroxylation sites is 1. The highest BCUT2D eigenvalue weighted by Crippen LogP contribution is 2.25. The first-order valence-electron chi connectivity index (χ1n) is 10.4. The second-order valence-electron chi connectivity index (χ2n) is 7.72. The van der Waals surface area contributed by atoms with Gasteiger partial charge in [-0.3, -0.25) is 9.59 Å². The van der Waals surface area contributed by atoms with E-state index >= 15 is 0 Å². The largest absolute Gasteiger partial charge is 0.351 e. The van der Waals surface area contributed by atoms with Crippen LogP contribution in [0.2, 0.25) is 0 Å². The molecule has 1 heterocycles. The van der Waals surface area contributed by atoms with Gasteiger partial charge in [-0.05, 0) is 56.9 Å². The van der Waals surface area contributed by atoms with Crippen LogP contribution in [-0.4, -0.2) is 40.3 Å². The second-order valence-corrected chi connectivity index (χ2v) is 7.72. The van der Waals surface area contributed by atoms with Gasteiger partial charge in [0.1, 0.15) is 5.69 Å². The summed E-state index contributed by atoms with van der Waals surface area (Å²) in [6.45, 7) is 2.67. The highest BCUT2D eigenvalue weighted by Gasteiger charge is 2.30. The van der Waals surface area contributed by atoms with E-state index in [1.165, 1.54) is 0 Å². The lowest BCUT2D eigenvalue weighted by molar-refractivity contribution is 0.0619.